The van der Waals surface area contributed by atoms with Crippen LogP contribution in [-0.4, -0.2) is 30.5 Å². The normalized spacial score (nSPS) is 13.3. The van der Waals surface area contributed by atoms with Gasteiger partial charge in [0.25, 0.3) is 0 Å². The summed E-state index contributed by atoms with van der Waals surface area (Å²) in [7, 11) is 0. The molecule has 1 rings (SSSR count). The van der Waals surface area contributed by atoms with Gasteiger partial charge in [0, 0.05) is 19.2 Å². The van der Waals surface area contributed by atoms with Crippen LogP contribution < -0.4 is 10.1 Å². The molecule has 0 bridgehead atoms. The van der Waals surface area contributed by atoms with E-state index in [-0.39, 0.29) is 18.4 Å². The highest BCUT2D eigenvalue weighted by Gasteiger charge is 2.28. The van der Waals surface area contributed by atoms with E-state index in [9.17, 15) is 13.2 Å². The molecular weight excluding hydrogens is 259 g/mol. The number of aliphatic hydroxyl groups excluding tert-OH is 1. The maximum Gasteiger partial charge on any atom is 0.422 e. The summed E-state index contributed by atoms with van der Waals surface area (Å²) < 4.78 is 40.7. The first-order valence-corrected chi connectivity index (χ1v) is 6.03. The van der Waals surface area contributed by atoms with Crippen molar-refractivity contribution in [2.45, 2.75) is 32.1 Å². The summed E-state index contributed by atoms with van der Waals surface area (Å²) in [5.74, 6) is 0.200. The first kappa shape index (κ1) is 15.8. The van der Waals surface area contributed by atoms with Crippen molar-refractivity contribution in [3.63, 3.8) is 0 Å². The van der Waals surface area contributed by atoms with Crippen LogP contribution in [0.25, 0.3) is 0 Å². The summed E-state index contributed by atoms with van der Waals surface area (Å²) in [4.78, 5) is 0. The van der Waals surface area contributed by atoms with Gasteiger partial charge in [-0.15, -0.1) is 0 Å². The lowest BCUT2D eigenvalue weighted by Gasteiger charge is -2.13. The Kier molecular flexibility index (Phi) is 6.11. The van der Waals surface area contributed by atoms with Gasteiger partial charge in [0.05, 0.1) is 0 Å². The fraction of sp³-hybridized carbons (Fsp3) is 0.538. The van der Waals surface area contributed by atoms with Gasteiger partial charge in [-0.05, 0) is 31.0 Å². The Morgan fingerprint density at radius 3 is 2.74 bits per heavy atom. The minimum atomic E-state index is -4.33. The molecule has 0 amide bonds. The number of ether oxygens (including phenoxy) is 1. The third-order valence-electron chi connectivity index (χ3n) is 2.52. The van der Waals surface area contributed by atoms with Crippen LogP contribution in [0.15, 0.2) is 24.3 Å². The van der Waals surface area contributed by atoms with Crippen molar-refractivity contribution < 1.29 is 23.0 Å². The summed E-state index contributed by atoms with van der Waals surface area (Å²) in [6.07, 6.45) is -3.70. The zero-order valence-electron chi connectivity index (χ0n) is 10.7. The molecule has 0 aliphatic carbocycles. The van der Waals surface area contributed by atoms with Crippen molar-refractivity contribution in [1.82, 2.24) is 5.32 Å². The quantitative estimate of drug-likeness (QED) is 0.804. The fourth-order valence-corrected chi connectivity index (χ4v) is 1.50. The van der Waals surface area contributed by atoms with E-state index in [0.29, 0.717) is 13.0 Å². The molecule has 0 radical (unpaired) electrons. The van der Waals surface area contributed by atoms with Gasteiger partial charge in [-0.2, -0.15) is 13.2 Å². The summed E-state index contributed by atoms with van der Waals surface area (Å²) in [5.41, 5.74) is 0.837. The van der Waals surface area contributed by atoms with E-state index in [2.05, 4.69) is 10.1 Å². The molecule has 19 heavy (non-hydrogen) atoms. The molecule has 1 aromatic rings. The van der Waals surface area contributed by atoms with Crippen LogP contribution in [0.1, 0.15) is 18.9 Å². The third kappa shape index (κ3) is 7.03. The fourth-order valence-electron chi connectivity index (χ4n) is 1.50. The molecule has 2 N–H and O–H groups in total. The smallest absolute Gasteiger partial charge is 0.422 e. The zero-order valence-corrected chi connectivity index (χ0v) is 10.7. The Bertz CT molecular complexity index is 382. The van der Waals surface area contributed by atoms with Crippen LogP contribution in [0.4, 0.5) is 13.2 Å². The van der Waals surface area contributed by atoms with Crippen LogP contribution in [0.5, 0.6) is 5.75 Å². The molecule has 0 aliphatic heterocycles. The highest BCUT2D eigenvalue weighted by atomic mass is 19.4. The lowest BCUT2D eigenvalue weighted by Crippen LogP contribution is -2.26. The molecule has 0 saturated heterocycles. The number of halogens is 3. The predicted octanol–water partition coefficient (Wildman–Crippen LogP) is 2.49. The number of nitrogens with one attached hydrogen (secondary N) is 1. The average Bonchev–Trinajstić information content (AvgIpc) is 2.34. The summed E-state index contributed by atoms with van der Waals surface area (Å²) in [6, 6.07) is 6.67. The van der Waals surface area contributed by atoms with E-state index < -0.39 is 12.8 Å². The molecule has 0 fully saturated rings. The largest absolute Gasteiger partial charge is 0.484 e. The lowest BCUT2D eigenvalue weighted by molar-refractivity contribution is -0.153. The Morgan fingerprint density at radius 2 is 2.11 bits per heavy atom. The monoisotopic (exact) mass is 277 g/mol. The second-order valence-corrected chi connectivity index (χ2v) is 4.35. The van der Waals surface area contributed by atoms with E-state index in [1.54, 1.807) is 18.2 Å². The number of hydrogen-bond acceptors (Lipinski definition) is 3. The lowest BCUT2D eigenvalue weighted by atomic mass is 10.2. The van der Waals surface area contributed by atoms with E-state index >= 15 is 0 Å². The second-order valence-electron chi connectivity index (χ2n) is 4.35. The summed E-state index contributed by atoms with van der Waals surface area (Å²) in [5, 5.41) is 11.9. The van der Waals surface area contributed by atoms with Gasteiger partial charge in [0.1, 0.15) is 5.75 Å². The highest BCUT2D eigenvalue weighted by Crippen LogP contribution is 2.19. The van der Waals surface area contributed by atoms with Gasteiger partial charge >= 0.3 is 6.18 Å². The van der Waals surface area contributed by atoms with Gasteiger partial charge in [0.2, 0.25) is 0 Å². The zero-order chi connectivity index (χ0) is 14.3. The van der Waals surface area contributed by atoms with E-state index in [1.807, 2.05) is 6.92 Å². The number of aliphatic hydroxyl groups is 1. The molecule has 0 spiro atoms. The molecule has 6 heteroatoms. The molecule has 0 saturated carbocycles. The van der Waals surface area contributed by atoms with E-state index in [0.717, 1.165) is 5.56 Å². The molecular formula is C13H18F3NO2. The first-order chi connectivity index (χ1) is 8.90. The van der Waals surface area contributed by atoms with Crippen molar-refractivity contribution in [3.8, 4) is 5.75 Å². The van der Waals surface area contributed by atoms with Crippen LogP contribution >= 0.6 is 0 Å². The Morgan fingerprint density at radius 1 is 1.37 bits per heavy atom. The molecule has 108 valence electrons. The molecule has 1 aromatic carbocycles. The van der Waals surface area contributed by atoms with Gasteiger partial charge in [-0.25, -0.2) is 0 Å². The van der Waals surface area contributed by atoms with Gasteiger partial charge in [0.15, 0.2) is 6.61 Å². The van der Waals surface area contributed by atoms with Crippen LogP contribution in [0.2, 0.25) is 0 Å². The number of benzene rings is 1. The van der Waals surface area contributed by atoms with Gasteiger partial charge < -0.3 is 15.2 Å². The summed E-state index contributed by atoms with van der Waals surface area (Å²) >= 11 is 0. The van der Waals surface area contributed by atoms with Gasteiger partial charge in [-0.3, -0.25) is 0 Å². The minimum absolute atomic E-state index is 0.100. The first-order valence-electron chi connectivity index (χ1n) is 6.03. The maximum atomic E-state index is 12.0. The van der Waals surface area contributed by atoms with E-state index in [4.69, 9.17) is 5.11 Å². The Hall–Kier alpha value is -1.27. The third-order valence-corrected chi connectivity index (χ3v) is 2.52. The maximum absolute atomic E-state index is 12.0. The number of hydrogen-bond donors (Lipinski definition) is 2. The molecule has 0 aromatic heterocycles. The molecule has 1 atom stereocenters. The van der Waals surface area contributed by atoms with Crippen LogP contribution in [0, 0.1) is 0 Å². The molecule has 1 unspecified atom stereocenters. The second kappa shape index (κ2) is 7.35. The molecule has 0 aliphatic rings. The average molecular weight is 277 g/mol. The van der Waals surface area contributed by atoms with Crippen molar-refractivity contribution >= 4 is 0 Å². The van der Waals surface area contributed by atoms with E-state index in [1.165, 1.54) is 6.07 Å². The SMILES string of the molecule is CC(CCO)NCc1cccc(OCC(F)(F)F)c1. The van der Waals surface area contributed by atoms with Crippen LogP contribution in [0.3, 0.4) is 0 Å². The number of alkyl halides is 3. The standard InChI is InChI=1S/C13H18F3NO2/c1-10(5-6-18)17-8-11-3-2-4-12(7-11)19-9-13(14,15)16/h2-4,7,10,17-18H,5-6,8-9H2,1H3. The van der Waals surface area contributed by atoms with Crippen molar-refractivity contribution in [2.24, 2.45) is 0 Å². The predicted molar refractivity (Wildman–Crippen MR) is 66.0 cm³/mol. The van der Waals surface area contributed by atoms with Crippen molar-refractivity contribution in [3.05, 3.63) is 29.8 Å². The van der Waals surface area contributed by atoms with Gasteiger partial charge in [-0.1, -0.05) is 12.1 Å². The van der Waals surface area contributed by atoms with Crippen LogP contribution in [-0.2, 0) is 6.54 Å². The highest BCUT2D eigenvalue weighted by molar-refractivity contribution is 5.28. The Balaban J connectivity index is 2.48. The molecule has 0 heterocycles. The Labute approximate surface area is 110 Å². The van der Waals surface area contributed by atoms with Crippen molar-refractivity contribution in [2.75, 3.05) is 13.2 Å². The summed E-state index contributed by atoms with van der Waals surface area (Å²) in [6.45, 7) is 1.26. The van der Waals surface area contributed by atoms with Crippen molar-refractivity contribution in [1.29, 1.82) is 0 Å². The number of rotatable bonds is 7. The minimum Gasteiger partial charge on any atom is -0.484 e. The topological polar surface area (TPSA) is 41.5 Å². The molecule has 3 nitrogen and oxygen atoms in total.